The van der Waals surface area contributed by atoms with Gasteiger partial charge in [-0.1, -0.05) is 11.6 Å². The van der Waals surface area contributed by atoms with E-state index in [1.165, 1.54) is 11.3 Å². The molecule has 0 radical (unpaired) electrons. The molecule has 0 aromatic carbocycles. The number of fused-ring (bicyclic) bond motifs is 1. The summed E-state index contributed by atoms with van der Waals surface area (Å²) in [5, 5.41) is 17.5. The van der Waals surface area contributed by atoms with Gasteiger partial charge in [-0.05, 0) is 31.4 Å². The molecule has 0 spiro atoms. The number of anilines is 1. The highest BCUT2D eigenvalue weighted by Gasteiger charge is 2.24. The number of nitrogens with zero attached hydrogens (tertiary/aromatic N) is 3. The highest BCUT2D eigenvalue weighted by Crippen LogP contribution is 2.32. The Morgan fingerprint density at radius 2 is 2.30 bits per heavy atom. The number of pyridine rings is 1. The van der Waals surface area contributed by atoms with Crippen LogP contribution >= 0.6 is 11.6 Å². The Morgan fingerprint density at radius 3 is 3.05 bits per heavy atom. The summed E-state index contributed by atoms with van der Waals surface area (Å²) in [6, 6.07) is 3.93. The molecular weight excluding hydrogens is 276 g/mol. The van der Waals surface area contributed by atoms with Crippen LogP contribution in [0.3, 0.4) is 0 Å². The van der Waals surface area contributed by atoms with Gasteiger partial charge in [0.2, 0.25) is 0 Å². The second-order valence-electron chi connectivity index (χ2n) is 4.94. The second-order valence-corrected chi connectivity index (χ2v) is 5.38. The van der Waals surface area contributed by atoms with Crippen LogP contribution in [0.1, 0.15) is 30.1 Å². The van der Waals surface area contributed by atoms with Gasteiger partial charge in [0, 0.05) is 17.5 Å². The van der Waals surface area contributed by atoms with E-state index in [-0.39, 0.29) is 12.6 Å². The molecule has 20 heavy (non-hydrogen) atoms. The molecular formula is C14H17ClN4O. The molecule has 1 unspecified atom stereocenters. The molecule has 106 valence electrons. The van der Waals surface area contributed by atoms with Gasteiger partial charge in [-0.25, -0.2) is 4.98 Å². The van der Waals surface area contributed by atoms with E-state index in [4.69, 9.17) is 16.7 Å². The summed E-state index contributed by atoms with van der Waals surface area (Å²) in [5.41, 5.74) is 2.43. The molecule has 1 atom stereocenters. The van der Waals surface area contributed by atoms with Gasteiger partial charge in [0.1, 0.15) is 5.82 Å². The Hall–Kier alpha value is -1.59. The van der Waals surface area contributed by atoms with Crippen LogP contribution in [0.15, 0.2) is 24.5 Å². The van der Waals surface area contributed by atoms with Crippen LogP contribution in [-0.2, 0) is 13.0 Å². The number of aliphatic hydroxyl groups excluding tert-OH is 1. The first kappa shape index (κ1) is 13.4. The van der Waals surface area contributed by atoms with Crippen molar-refractivity contribution in [1.82, 2.24) is 14.8 Å². The fourth-order valence-electron chi connectivity index (χ4n) is 2.70. The molecule has 3 rings (SSSR count). The van der Waals surface area contributed by atoms with Crippen LogP contribution in [0.4, 0.5) is 5.82 Å². The van der Waals surface area contributed by atoms with Crippen molar-refractivity contribution in [3.63, 3.8) is 0 Å². The summed E-state index contributed by atoms with van der Waals surface area (Å²) < 4.78 is 1.90. The normalized spacial score (nSPS) is 17.8. The van der Waals surface area contributed by atoms with Crippen molar-refractivity contribution in [1.29, 1.82) is 0 Å². The maximum absolute atomic E-state index is 9.07. The molecule has 0 saturated heterocycles. The Labute approximate surface area is 122 Å². The van der Waals surface area contributed by atoms with Crippen LogP contribution < -0.4 is 5.32 Å². The van der Waals surface area contributed by atoms with Crippen molar-refractivity contribution in [2.24, 2.45) is 0 Å². The van der Waals surface area contributed by atoms with Gasteiger partial charge in [-0.3, -0.25) is 4.68 Å². The lowest BCUT2D eigenvalue weighted by molar-refractivity contribution is 0.266. The van der Waals surface area contributed by atoms with E-state index >= 15 is 0 Å². The Morgan fingerprint density at radius 1 is 1.40 bits per heavy atom. The number of aromatic nitrogens is 3. The molecule has 2 aromatic heterocycles. The predicted molar refractivity (Wildman–Crippen MR) is 77.9 cm³/mol. The highest BCUT2D eigenvalue weighted by molar-refractivity contribution is 6.30. The highest BCUT2D eigenvalue weighted by atomic mass is 35.5. The third-order valence-electron chi connectivity index (χ3n) is 3.62. The summed E-state index contributed by atoms with van der Waals surface area (Å²) in [7, 11) is 0. The van der Waals surface area contributed by atoms with Crippen LogP contribution in [0.25, 0.3) is 0 Å². The molecule has 2 aromatic rings. The van der Waals surface area contributed by atoms with Gasteiger partial charge < -0.3 is 10.4 Å². The Balaban J connectivity index is 1.81. The molecule has 0 fully saturated rings. The number of rotatable bonds is 4. The van der Waals surface area contributed by atoms with Crippen molar-refractivity contribution in [2.45, 2.75) is 31.8 Å². The summed E-state index contributed by atoms with van der Waals surface area (Å²) in [6.45, 7) is 0.673. The Kier molecular flexibility index (Phi) is 3.89. The second kappa shape index (κ2) is 5.81. The van der Waals surface area contributed by atoms with E-state index < -0.39 is 0 Å². The number of hydrogen-bond donors (Lipinski definition) is 2. The lowest BCUT2D eigenvalue weighted by Gasteiger charge is -2.24. The smallest absolute Gasteiger partial charge is 0.126 e. The summed E-state index contributed by atoms with van der Waals surface area (Å²) in [5.74, 6) is 0.821. The van der Waals surface area contributed by atoms with E-state index in [0.717, 1.165) is 25.1 Å². The molecule has 1 aliphatic rings. The lowest BCUT2D eigenvalue weighted by atomic mass is 9.93. The Bertz CT molecular complexity index is 581. The molecule has 6 heteroatoms. The van der Waals surface area contributed by atoms with Crippen molar-refractivity contribution in [2.75, 3.05) is 11.9 Å². The number of nitrogens with one attached hydrogen (secondary N) is 1. The summed E-state index contributed by atoms with van der Waals surface area (Å²) in [4.78, 5) is 4.28. The fraction of sp³-hybridized carbons (Fsp3) is 0.429. The quantitative estimate of drug-likeness (QED) is 0.908. The van der Waals surface area contributed by atoms with Gasteiger partial charge >= 0.3 is 0 Å². The molecule has 0 aliphatic heterocycles. The predicted octanol–water partition coefficient (Wildman–Crippen LogP) is 2.41. The van der Waals surface area contributed by atoms with Gasteiger partial charge in [0.15, 0.2) is 0 Å². The number of hydrogen-bond acceptors (Lipinski definition) is 4. The fourth-order valence-corrected chi connectivity index (χ4v) is 2.81. The third-order valence-corrected chi connectivity index (χ3v) is 3.85. The summed E-state index contributed by atoms with van der Waals surface area (Å²) >= 11 is 5.85. The average molecular weight is 293 g/mol. The van der Waals surface area contributed by atoms with Crippen LogP contribution in [0, 0.1) is 0 Å². The molecule has 0 saturated carbocycles. The third kappa shape index (κ3) is 2.64. The average Bonchev–Trinajstić information content (AvgIpc) is 2.86. The summed E-state index contributed by atoms with van der Waals surface area (Å²) in [6.07, 6.45) is 6.72. The van der Waals surface area contributed by atoms with E-state index in [0.29, 0.717) is 11.6 Å². The van der Waals surface area contributed by atoms with E-state index in [9.17, 15) is 0 Å². The van der Waals surface area contributed by atoms with Crippen molar-refractivity contribution in [3.05, 3.63) is 40.8 Å². The molecule has 5 nitrogen and oxygen atoms in total. The lowest BCUT2D eigenvalue weighted by Crippen LogP contribution is -2.19. The van der Waals surface area contributed by atoms with Crippen LogP contribution in [0.5, 0.6) is 0 Å². The zero-order valence-electron chi connectivity index (χ0n) is 11.1. The molecule has 1 aliphatic carbocycles. The minimum Gasteiger partial charge on any atom is -0.394 e. The zero-order valence-corrected chi connectivity index (χ0v) is 11.8. The minimum absolute atomic E-state index is 0.116. The first-order valence-electron chi connectivity index (χ1n) is 6.81. The van der Waals surface area contributed by atoms with Crippen molar-refractivity contribution < 1.29 is 5.11 Å². The van der Waals surface area contributed by atoms with Crippen molar-refractivity contribution >= 4 is 17.4 Å². The molecule has 0 bridgehead atoms. The molecule has 2 heterocycles. The maximum Gasteiger partial charge on any atom is 0.126 e. The van der Waals surface area contributed by atoms with Crippen LogP contribution in [0.2, 0.25) is 5.02 Å². The molecule has 0 amide bonds. The minimum atomic E-state index is 0.116. The number of aliphatic hydroxyl groups is 1. The first-order chi connectivity index (χ1) is 9.78. The van der Waals surface area contributed by atoms with Gasteiger partial charge in [-0.2, -0.15) is 5.10 Å². The van der Waals surface area contributed by atoms with Gasteiger partial charge in [-0.15, -0.1) is 0 Å². The molecule has 2 N–H and O–H groups in total. The van der Waals surface area contributed by atoms with Gasteiger partial charge in [0.05, 0.1) is 30.4 Å². The monoisotopic (exact) mass is 292 g/mol. The zero-order chi connectivity index (χ0) is 13.9. The van der Waals surface area contributed by atoms with E-state index in [1.807, 2.05) is 23.0 Å². The SMILES string of the molecule is OCCn1ncc2c1CCCC2Nc1ccc(Cl)cn1. The standard InChI is InChI=1S/C14H17ClN4O/c15-10-4-5-14(16-8-10)18-12-2-1-3-13-11(12)9-17-19(13)6-7-20/h4-5,8-9,12,20H,1-3,6-7H2,(H,16,18). The van der Waals surface area contributed by atoms with E-state index in [2.05, 4.69) is 15.4 Å². The largest absolute Gasteiger partial charge is 0.394 e. The van der Waals surface area contributed by atoms with Crippen LogP contribution in [-0.4, -0.2) is 26.5 Å². The van der Waals surface area contributed by atoms with Gasteiger partial charge in [0.25, 0.3) is 0 Å². The first-order valence-corrected chi connectivity index (χ1v) is 7.19. The maximum atomic E-state index is 9.07. The topological polar surface area (TPSA) is 63.0 Å². The van der Waals surface area contributed by atoms with E-state index in [1.54, 1.807) is 6.20 Å². The van der Waals surface area contributed by atoms with Crippen molar-refractivity contribution in [3.8, 4) is 0 Å². The number of halogens is 1.